The second-order valence-electron chi connectivity index (χ2n) is 6.63. The van der Waals surface area contributed by atoms with Crippen molar-refractivity contribution in [1.82, 2.24) is 0 Å². The van der Waals surface area contributed by atoms with Crippen LogP contribution in [0.5, 0.6) is 0 Å². The minimum atomic E-state index is 0.649. The summed E-state index contributed by atoms with van der Waals surface area (Å²) in [4.78, 5) is 0. The summed E-state index contributed by atoms with van der Waals surface area (Å²) in [5.74, 6) is 0. The molecule has 0 saturated carbocycles. The Bertz CT molecular complexity index is 1050. The highest BCUT2D eigenvalue weighted by atomic mass is 16.5. The van der Waals surface area contributed by atoms with Gasteiger partial charge in [0.05, 0.1) is 6.61 Å². The van der Waals surface area contributed by atoms with Crippen LogP contribution in [0.2, 0.25) is 0 Å². The van der Waals surface area contributed by atoms with Gasteiger partial charge in [-0.05, 0) is 57.1 Å². The summed E-state index contributed by atoms with van der Waals surface area (Å²) >= 11 is 0. The number of hydrogen-bond acceptors (Lipinski definition) is 1. The van der Waals surface area contributed by atoms with E-state index in [0.717, 1.165) is 13.0 Å². The summed E-state index contributed by atoms with van der Waals surface area (Å²) in [7, 11) is 0. The molecule has 0 unspecified atom stereocenters. The zero-order valence-corrected chi connectivity index (χ0v) is 15.5. The molecule has 26 heavy (non-hydrogen) atoms. The molecule has 0 radical (unpaired) electrons. The molecule has 4 aromatic carbocycles. The first kappa shape index (κ1) is 16.8. The molecule has 1 nitrogen and oxygen atoms in total. The standard InChI is InChI=1S/C25H24O/c1-3-18-9-5-10-19-12-7-15-22(24(18)19)23-16-8-13-20-11-6-14-21(25(20)23)17-26-4-2/h5-16H,3-4,17H2,1-2H3. The summed E-state index contributed by atoms with van der Waals surface area (Å²) in [6.07, 6.45) is 1.03. The maximum Gasteiger partial charge on any atom is 0.0722 e. The lowest BCUT2D eigenvalue weighted by molar-refractivity contribution is 0.135. The normalized spacial score (nSPS) is 11.3. The molecule has 0 fully saturated rings. The Labute approximate surface area is 155 Å². The zero-order chi connectivity index (χ0) is 17.9. The maximum atomic E-state index is 5.75. The first-order chi connectivity index (χ1) is 12.8. The lowest BCUT2D eigenvalue weighted by Gasteiger charge is -2.15. The van der Waals surface area contributed by atoms with Crippen molar-refractivity contribution < 1.29 is 4.74 Å². The topological polar surface area (TPSA) is 9.23 Å². The van der Waals surface area contributed by atoms with Crippen molar-refractivity contribution in [3.05, 3.63) is 83.9 Å². The van der Waals surface area contributed by atoms with E-state index in [1.807, 2.05) is 6.92 Å². The van der Waals surface area contributed by atoms with Crippen molar-refractivity contribution in [2.24, 2.45) is 0 Å². The number of benzene rings is 4. The minimum absolute atomic E-state index is 0.649. The summed E-state index contributed by atoms with van der Waals surface area (Å²) in [6.45, 7) is 5.66. The van der Waals surface area contributed by atoms with Crippen LogP contribution in [0, 0.1) is 0 Å². The molecule has 0 amide bonds. The Balaban J connectivity index is 2.05. The van der Waals surface area contributed by atoms with E-state index in [1.165, 1.54) is 43.8 Å². The van der Waals surface area contributed by atoms with Crippen molar-refractivity contribution in [3.63, 3.8) is 0 Å². The van der Waals surface area contributed by atoms with Crippen LogP contribution >= 0.6 is 0 Å². The van der Waals surface area contributed by atoms with Gasteiger partial charge in [-0.2, -0.15) is 0 Å². The average molecular weight is 340 g/mol. The van der Waals surface area contributed by atoms with E-state index in [4.69, 9.17) is 4.74 Å². The number of ether oxygens (including phenoxy) is 1. The van der Waals surface area contributed by atoms with Crippen molar-refractivity contribution in [2.75, 3.05) is 6.61 Å². The van der Waals surface area contributed by atoms with Gasteiger partial charge >= 0.3 is 0 Å². The molecule has 0 N–H and O–H groups in total. The SMILES string of the molecule is CCOCc1cccc2cccc(-c3cccc4cccc(CC)c34)c12. The van der Waals surface area contributed by atoms with Crippen molar-refractivity contribution in [1.29, 1.82) is 0 Å². The number of fused-ring (bicyclic) bond motifs is 2. The molecule has 0 atom stereocenters. The van der Waals surface area contributed by atoms with Crippen LogP contribution in [0.4, 0.5) is 0 Å². The second-order valence-corrected chi connectivity index (χ2v) is 6.63. The fourth-order valence-electron chi connectivity index (χ4n) is 3.91. The second kappa shape index (κ2) is 7.31. The monoisotopic (exact) mass is 340 g/mol. The van der Waals surface area contributed by atoms with Gasteiger partial charge in [-0.25, -0.2) is 0 Å². The number of aryl methyl sites for hydroxylation is 1. The molecule has 0 heterocycles. The van der Waals surface area contributed by atoms with Crippen LogP contribution in [-0.4, -0.2) is 6.61 Å². The van der Waals surface area contributed by atoms with E-state index in [9.17, 15) is 0 Å². The first-order valence-corrected chi connectivity index (χ1v) is 9.42. The third-order valence-corrected chi connectivity index (χ3v) is 5.11. The first-order valence-electron chi connectivity index (χ1n) is 9.42. The summed E-state index contributed by atoms with van der Waals surface area (Å²) in [5, 5.41) is 5.25. The lowest BCUT2D eigenvalue weighted by Crippen LogP contribution is -1.95. The predicted molar refractivity (Wildman–Crippen MR) is 112 cm³/mol. The Kier molecular flexibility index (Phi) is 4.73. The highest BCUT2D eigenvalue weighted by Crippen LogP contribution is 2.37. The van der Waals surface area contributed by atoms with E-state index >= 15 is 0 Å². The van der Waals surface area contributed by atoms with Gasteiger partial charge in [0.25, 0.3) is 0 Å². The van der Waals surface area contributed by atoms with Crippen LogP contribution < -0.4 is 0 Å². The van der Waals surface area contributed by atoms with E-state index < -0.39 is 0 Å². The van der Waals surface area contributed by atoms with E-state index in [1.54, 1.807) is 0 Å². The summed E-state index contributed by atoms with van der Waals surface area (Å²) < 4.78 is 5.75. The Morgan fingerprint density at radius 2 is 1.12 bits per heavy atom. The van der Waals surface area contributed by atoms with Crippen molar-refractivity contribution >= 4 is 21.5 Å². The lowest BCUT2D eigenvalue weighted by atomic mass is 9.89. The molecule has 0 bridgehead atoms. The van der Waals surface area contributed by atoms with Gasteiger partial charge in [0.2, 0.25) is 0 Å². The average Bonchev–Trinajstić information content (AvgIpc) is 2.70. The zero-order valence-electron chi connectivity index (χ0n) is 15.5. The van der Waals surface area contributed by atoms with Gasteiger partial charge in [-0.1, -0.05) is 79.7 Å². The fourth-order valence-corrected chi connectivity index (χ4v) is 3.91. The third-order valence-electron chi connectivity index (χ3n) is 5.11. The van der Waals surface area contributed by atoms with Crippen LogP contribution in [0.3, 0.4) is 0 Å². The molecule has 0 spiro atoms. The van der Waals surface area contributed by atoms with Gasteiger partial charge in [0.15, 0.2) is 0 Å². The quantitative estimate of drug-likeness (QED) is 0.390. The van der Waals surface area contributed by atoms with E-state index in [2.05, 4.69) is 79.7 Å². The van der Waals surface area contributed by atoms with E-state index in [0.29, 0.717) is 6.61 Å². The smallest absolute Gasteiger partial charge is 0.0722 e. The molecule has 130 valence electrons. The Morgan fingerprint density at radius 1 is 0.615 bits per heavy atom. The van der Waals surface area contributed by atoms with Crippen molar-refractivity contribution in [2.45, 2.75) is 26.9 Å². The molecule has 0 aromatic heterocycles. The molecule has 1 heteroatoms. The van der Waals surface area contributed by atoms with Gasteiger partial charge in [-0.15, -0.1) is 0 Å². The molecule has 4 rings (SSSR count). The minimum Gasteiger partial charge on any atom is -0.377 e. The molecular formula is C25H24O. The largest absolute Gasteiger partial charge is 0.377 e. The van der Waals surface area contributed by atoms with Gasteiger partial charge in [-0.3, -0.25) is 0 Å². The third kappa shape index (κ3) is 2.89. The molecule has 0 aliphatic rings. The summed E-state index contributed by atoms with van der Waals surface area (Å²) in [5.41, 5.74) is 5.27. The highest BCUT2D eigenvalue weighted by Gasteiger charge is 2.12. The van der Waals surface area contributed by atoms with Crippen LogP contribution in [0.25, 0.3) is 32.7 Å². The Hall–Kier alpha value is -2.64. The van der Waals surface area contributed by atoms with Gasteiger partial charge in [0, 0.05) is 6.61 Å². The molecule has 0 saturated heterocycles. The van der Waals surface area contributed by atoms with Crippen LogP contribution in [0.15, 0.2) is 72.8 Å². The Morgan fingerprint density at radius 3 is 1.65 bits per heavy atom. The fraction of sp³-hybridized carbons (Fsp3) is 0.200. The molecule has 0 aliphatic heterocycles. The van der Waals surface area contributed by atoms with Crippen LogP contribution in [0.1, 0.15) is 25.0 Å². The number of rotatable bonds is 5. The maximum absolute atomic E-state index is 5.75. The van der Waals surface area contributed by atoms with E-state index in [-0.39, 0.29) is 0 Å². The van der Waals surface area contributed by atoms with Crippen LogP contribution in [-0.2, 0) is 17.8 Å². The molecule has 0 aliphatic carbocycles. The predicted octanol–water partition coefficient (Wildman–Crippen LogP) is 6.76. The number of hydrogen-bond donors (Lipinski definition) is 0. The molecule has 4 aromatic rings. The molecular weight excluding hydrogens is 316 g/mol. The van der Waals surface area contributed by atoms with Gasteiger partial charge < -0.3 is 4.74 Å². The summed E-state index contributed by atoms with van der Waals surface area (Å²) in [6, 6.07) is 26.4. The van der Waals surface area contributed by atoms with Crippen molar-refractivity contribution in [3.8, 4) is 11.1 Å². The highest BCUT2D eigenvalue weighted by molar-refractivity contribution is 6.07. The van der Waals surface area contributed by atoms with Gasteiger partial charge in [0.1, 0.15) is 0 Å².